The van der Waals surface area contributed by atoms with E-state index in [1.165, 1.54) is 5.56 Å². The van der Waals surface area contributed by atoms with E-state index < -0.39 is 5.60 Å². The fourth-order valence-corrected chi connectivity index (χ4v) is 3.84. The van der Waals surface area contributed by atoms with Gasteiger partial charge in [0.15, 0.2) is 0 Å². The highest BCUT2D eigenvalue weighted by atomic mass is 16.3. The summed E-state index contributed by atoms with van der Waals surface area (Å²) >= 11 is 0. The van der Waals surface area contributed by atoms with Crippen molar-refractivity contribution in [2.45, 2.75) is 50.5 Å². The molecule has 3 rings (SSSR count). The average Bonchev–Trinajstić information content (AvgIpc) is 2.83. The molecule has 1 aromatic heterocycles. The summed E-state index contributed by atoms with van der Waals surface area (Å²) in [4.78, 5) is 25.4. The van der Waals surface area contributed by atoms with Crippen LogP contribution in [0.5, 0.6) is 0 Å². The predicted octanol–water partition coefficient (Wildman–Crippen LogP) is 1.12. The van der Waals surface area contributed by atoms with Crippen LogP contribution in [0.2, 0.25) is 0 Å². The smallest absolute Gasteiger partial charge is 0.253 e. The molecule has 1 N–H and O–H groups in total. The number of likely N-dealkylation sites (tertiary alicyclic amines) is 1. The maximum Gasteiger partial charge on any atom is 0.253 e. The summed E-state index contributed by atoms with van der Waals surface area (Å²) in [7, 11) is 3.88. The Balaban J connectivity index is 1.93. The molecule has 126 valence electrons. The van der Waals surface area contributed by atoms with Gasteiger partial charge in [-0.2, -0.15) is 0 Å². The van der Waals surface area contributed by atoms with Crippen LogP contribution in [0.3, 0.4) is 0 Å². The molecular weight excluding hydrogens is 292 g/mol. The number of aryl methyl sites for hydroxylation is 1. The minimum Gasteiger partial charge on any atom is -0.381 e. The lowest BCUT2D eigenvalue weighted by Gasteiger charge is -2.42. The number of rotatable bonds is 2. The van der Waals surface area contributed by atoms with Gasteiger partial charge in [0.2, 0.25) is 5.95 Å². The van der Waals surface area contributed by atoms with Crippen LogP contribution in [-0.2, 0) is 16.6 Å². The third-order valence-electron chi connectivity index (χ3n) is 5.01. The van der Waals surface area contributed by atoms with Crippen LogP contribution in [-0.4, -0.2) is 58.7 Å². The zero-order valence-corrected chi connectivity index (χ0v) is 14.5. The molecular formula is C17H26N4O2. The molecule has 0 radical (unpaired) electrons. The van der Waals surface area contributed by atoms with Crippen molar-refractivity contribution in [1.82, 2.24) is 14.9 Å². The Morgan fingerprint density at radius 3 is 2.78 bits per heavy atom. The topological polar surface area (TPSA) is 69.6 Å². The lowest BCUT2D eigenvalue weighted by atomic mass is 9.77. The number of carbonyl (C=O) groups is 1. The largest absolute Gasteiger partial charge is 0.381 e. The Labute approximate surface area is 137 Å². The van der Waals surface area contributed by atoms with Gasteiger partial charge in [-0.15, -0.1) is 0 Å². The number of aliphatic hydroxyl groups is 1. The van der Waals surface area contributed by atoms with Crippen molar-refractivity contribution in [3.05, 3.63) is 17.5 Å². The maximum atomic E-state index is 12.5. The third-order valence-corrected chi connectivity index (χ3v) is 5.01. The normalized spacial score (nSPS) is 24.0. The van der Waals surface area contributed by atoms with E-state index in [1.54, 1.807) is 13.8 Å². The van der Waals surface area contributed by atoms with Gasteiger partial charge in [-0.25, -0.2) is 9.97 Å². The molecule has 1 unspecified atom stereocenters. The van der Waals surface area contributed by atoms with Gasteiger partial charge in [0.1, 0.15) is 5.60 Å². The molecule has 1 aliphatic heterocycles. The molecule has 6 nitrogen and oxygen atoms in total. The molecule has 1 spiro atoms. The molecule has 2 heterocycles. The van der Waals surface area contributed by atoms with Crippen LogP contribution in [0.25, 0.3) is 0 Å². The minimum absolute atomic E-state index is 0.0812. The van der Waals surface area contributed by atoms with Crippen molar-refractivity contribution in [3.63, 3.8) is 0 Å². The van der Waals surface area contributed by atoms with Gasteiger partial charge < -0.3 is 14.9 Å². The third kappa shape index (κ3) is 2.80. The second kappa shape index (κ2) is 5.44. The summed E-state index contributed by atoms with van der Waals surface area (Å²) in [5.41, 5.74) is 0.903. The number of nitrogens with zero attached hydrogens (tertiary/aromatic N) is 4. The molecule has 1 aliphatic carbocycles. The van der Waals surface area contributed by atoms with Crippen LogP contribution in [0.15, 0.2) is 6.20 Å². The summed E-state index contributed by atoms with van der Waals surface area (Å²) in [6.07, 6.45) is 5.89. The molecule has 23 heavy (non-hydrogen) atoms. The maximum absolute atomic E-state index is 12.5. The number of piperidine rings is 1. The van der Waals surface area contributed by atoms with Gasteiger partial charge in [-0.3, -0.25) is 4.79 Å². The monoisotopic (exact) mass is 318 g/mol. The van der Waals surface area contributed by atoms with E-state index in [9.17, 15) is 9.90 Å². The van der Waals surface area contributed by atoms with Crippen molar-refractivity contribution >= 4 is 11.9 Å². The van der Waals surface area contributed by atoms with E-state index in [4.69, 9.17) is 4.98 Å². The van der Waals surface area contributed by atoms with Crippen LogP contribution < -0.4 is 4.90 Å². The van der Waals surface area contributed by atoms with Crippen LogP contribution in [0, 0.1) is 0 Å². The van der Waals surface area contributed by atoms with E-state index >= 15 is 0 Å². The highest BCUT2D eigenvalue weighted by Crippen LogP contribution is 2.44. The molecule has 6 heteroatoms. The summed E-state index contributed by atoms with van der Waals surface area (Å²) in [5.74, 6) is 0.530. The van der Waals surface area contributed by atoms with E-state index in [1.807, 2.05) is 30.1 Å². The van der Waals surface area contributed by atoms with Crippen LogP contribution in [0.1, 0.15) is 44.4 Å². The number of anilines is 1. The first-order valence-corrected chi connectivity index (χ1v) is 8.28. The van der Waals surface area contributed by atoms with Crippen molar-refractivity contribution in [2.75, 3.05) is 32.1 Å². The SMILES string of the molecule is CN(C)c1ncc2c(n1)C1(CCCN(C(=O)C(C)(C)O)C1)CC2. The molecule has 2 aliphatic rings. The zero-order valence-electron chi connectivity index (χ0n) is 14.5. The van der Waals surface area contributed by atoms with Crippen molar-refractivity contribution in [1.29, 1.82) is 0 Å². The summed E-state index contributed by atoms with van der Waals surface area (Å²) in [6, 6.07) is 0. The Hall–Kier alpha value is -1.69. The Morgan fingerprint density at radius 1 is 1.39 bits per heavy atom. The van der Waals surface area contributed by atoms with Crippen molar-refractivity contribution < 1.29 is 9.90 Å². The second-order valence-electron chi connectivity index (χ2n) is 7.61. The van der Waals surface area contributed by atoms with E-state index in [2.05, 4.69) is 4.98 Å². The fourth-order valence-electron chi connectivity index (χ4n) is 3.84. The van der Waals surface area contributed by atoms with Gasteiger partial charge >= 0.3 is 0 Å². The lowest BCUT2D eigenvalue weighted by molar-refractivity contribution is -0.150. The number of aromatic nitrogens is 2. The Kier molecular flexibility index (Phi) is 3.83. The summed E-state index contributed by atoms with van der Waals surface area (Å²) in [5, 5.41) is 10.1. The summed E-state index contributed by atoms with van der Waals surface area (Å²) < 4.78 is 0. The first-order chi connectivity index (χ1) is 10.7. The molecule has 0 aromatic carbocycles. The first kappa shape index (κ1) is 16.2. The second-order valence-corrected chi connectivity index (χ2v) is 7.61. The van der Waals surface area contributed by atoms with Gasteiger partial charge in [0.05, 0.1) is 5.69 Å². The number of carbonyl (C=O) groups excluding carboxylic acids is 1. The molecule has 0 bridgehead atoms. The molecule has 1 amide bonds. The van der Waals surface area contributed by atoms with E-state index in [0.717, 1.165) is 37.3 Å². The average molecular weight is 318 g/mol. The number of fused-ring (bicyclic) bond motifs is 2. The van der Waals surface area contributed by atoms with Gasteiger partial charge in [-0.1, -0.05) is 0 Å². The van der Waals surface area contributed by atoms with Crippen molar-refractivity contribution in [3.8, 4) is 0 Å². The first-order valence-electron chi connectivity index (χ1n) is 8.28. The Bertz CT molecular complexity index is 620. The fraction of sp³-hybridized carbons (Fsp3) is 0.706. The Morgan fingerprint density at radius 2 is 2.13 bits per heavy atom. The van der Waals surface area contributed by atoms with Gasteiger partial charge in [0.25, 0.3) is 5.91 Å². The predicted molar refractivity (Wildman–Crippen MR) is 88.5 cm³/mol. The van der Waals surface area contributed by atoms with Crippen molar-refractivity contribution in [2.24, 2.45) is 0 Å². The highest BCUT2D eigenvalue weighted by Gasteiger charge is 2.46. The zero-order chi connectivity index (χ0) is 16.8. The number of hydrogen-bond acceptors (Lipinski definition) is 5. The standard InChI is InChI=1S/C17H26N4O2/c1-16(2,23)14(22)21-9-5-7-17(11-21)8-6-12-10-18-15(20(3)4)19-13(12)17/h10,23H,5-9,11H2,1-4H3. The van der Waals surface area contributed by atoms with Crippen LogP contribution in [0.4, 0.5) is 5.95 Å². The van der Waals surface area contributed by atoms with E-state index in [0.29, 0.717) is 13.1 Å². The number of hydrogen-bond donors (Lipinski definition) is 1. The molecule has 1 aromatic rings. The van der Waals surface area contributed by atoms with E-state index in [-0.39, 0.29) is 11.3 Å². The van der Waals surface area contributed by atoms with Gasteiger partial charge in [-0.05, 0) is 45.1 Å². The van der Waals surface area contributed by atoms with Gasteiger partial charge in [0, 0.05) is 38.8 Å². The molecule has 1 fully saturated rings. The quantitative estimate of drug-likeness (QED) is 0.885. The lowest BCUT2D eigenvalue weighted by Crippen LogP contribution is -2.53. The van der Waals surface area contributed by atoms with Crippen LogP contribution >= 0.6 is 0 Å². The number of amides is 1. The molecule has 1 saturated heterocycles. The summed E-state index contributed by atoms with van der Waals surface area (Å²) in [6.45, 7) is 4.48. The molecule has 1 atom stereocenters. The highest BCUT2D eigenvalue weighted by molar-refractivity contribution is 5.84. The minimum atomic E-state index is -1.32. The molecule has 0 saturated carbocycles.